The number of benzene rings is 2. The first-order valence-electron chi connectivity index (χ1n) is 9.10. The highest BCUT2D eigenvalue weighted by Gasteiger charge is 2.43. The van der Waals surface area contributed by atoms with Crippen molar-refractivity contribution in [1.29, 1.82) is 0 Å². The summed E-state index contributed by atoms with van der Waals surface area (Å²) in [6, 6.07) is 2.76. The first-order chi connectivity index (χ1) is 15.0. The molecule has 0 aromatic heterocycles. The predicted octanol–water partition coefficient (Wildman–Crippen LogP) is 7.43. The molecule has 3 rings (SSSR count). The van der Waals surface area contributed by atoms with Gasteiger partial charge in [0.15, 0.2) is 0 Å². The minimum absolute atomic E-state index is 0.0220. The molecule has 0 saturated carbocycles. The molecule has 0 spiro atoms. The number of rotatable bonds is 3. The van der Waals surface area contributed by atoms with Crippen molar-refractivity contribution in [3.63, 3.8) is 0 Å². The third-order valence-electron chi connectivity index (χ3n) is 5.02. The van der Waals surface area contributed by atoms with Crippen LogP contribution in [0.15, 0.2) is 36.4 Å². The van der Waals surface area contributed by atoms with Gasteiger partial charge in [-0.05, 0) is 71.5 Å². The van der Waals surface area contributed by atoms with Crippen LogP contribution in [-0.2, 0) is 29.8 Å². The minimum atomic E-state index is -5.07. The van der Waals surface area contributed by atoms with E-state index in [2.05, 4.69) is 0 Å². The van der Waals surface area contributed by atoms with Crippen LogP contribution in [0.2, 0.25) is 0 Å². The van der Waals surface area contributed by atoms with Crippen LogP contribution in [0.1, 0.15) is 40.8 Å². The van der Waals surface area contributed by atoms with Crippen molar-refractivity contribution >= 4 is 28.7 Å². The van der Waals surface area contributed by atoms with Crippen molar-refractivity contribution < 1.29 is 49.0 Å². The van der Waals surface area contributed by atoms with Gasteiger partial charge >= 0.3 is 24.6 Å². The Labute approximate surface area is 194 Å². The van der Waals surface area contributed by atoms with E-state index >= 15 is 0 Å². The molecule has 1 saturated heterocycles. The third-order valence-corrected chi connectivity index (χ3v) is 6.00. The lowest BCUT2D eigenvalue weighted by molar-refractivity contribution is -0.143. The first kappa shape index (κ1) is 25.4. The Morgan fingerprint density at radius 3 is 1.85 bits per heavy atom. The Hall–Kier alpha value is -2.19. The van der Waals surface area contributed by atoms with Crippen LogP contribution < -0.4 is 0 Å². The Morgan fingerprint density at radius 2 is 1.36 bits per heavy atom. The number of carbonyl (C=O) groups is 1. The molecule has 33 heavy (non-hydrogen) atoms. The van der Waals surface area contributed by atoms with Gasteiger partial charge in [0.2, 0.25) is 0 Å². The lowest BCUT2D eigenvalue weighted by atomic mass is 10.00. The molecule has 0 radical (unpaired) electrons. The van der Waals surface area contributed by atoms with Crippen molar-refractivity contribution in [2.75, 3.05) is 0 Å². The van der Waals surface area contributed by atoms with E-state index in [0.717, 1.165) is 17.0 Å². The van der Waals surface area contributed by atoms with Crippen molar-refractivity contribution in [3.8, 4) is 0 Å². The van der Waals surface area contributed by atoms with E-state index in [4.69, 9.17) is 4.74 Å². The van der Waals surface area contributed by atoms with Gasteiger partial charge in [-0.3, -0.25) is 4.90 Å². The molecule has 1 fully saturated rings. The number of ether oxygens (including phenoxy) is 1. The molecule has 1 aliphatic rings. The SMILES string of the molecule is C[C@H]1C(c2cc(C(F)(F)F)ccc2I)OC(=O)N1Cc1cc(C(F)(F)F)cc(C(F)(F)F)c1. The Balaban J connectivity index is 1.95. The molecule has 2 atom stereocenters. The highest BCUT2D eigenvalue weighted by Crippen LogP contribution is 2.40. The van der Waals surface area contributed by atoms with E-state index in [0.29, 0.717) is 15.7 Å². The van der Waals surface area contributed by atoms with Crippen LogP contribution in [0, 0.1) is 3.57 Å². The van der Waals surface area contributed by atoms with Crippen LogP contribution in [0.5, 0.6) is 0 Å². The van der Waals surface area contributed by atoms with Gasteiger partial charge in [-0.2, -0.15) is 39.5 Å². The number of cyclic esters (lactones) is 1. The molecule has 0 aliphatic carbocycles. The molecule has 0 bridgehead atoms. The number of halogens is 10. The van der Waals surface area contributed by atoms with Crippen LogP contribution in [0.25, 0.3) is 0 Å². The zero-order valence-corrected chi connectivity index (χ0v) is 18.5. The van der Waals surface area contributed by atoms with Gasteiger partial charge < -0.3 is 4.74 Å². The van der Waals surface area contributed by atoms with E-state index in [-0.39, 0.29) is 11.6 Å². The molecular weight excluding hydrogens is 584 g/mol. The van der Waals surface area contributed by atoms with Crippen LogP contribution >= 0.6 is 22.6 Å². The maximum absolute atomic E-state index is 13.1. The fraction of sp³-hybridized carbons (Fsp3) is 0.350. The fourth-order valence-electron chi connectivity index (χ4n) is 3.38. The molecule has 3 nitrogen and oxygen atoms in total. The smallest absolute Gasteiger partial charge is 0.416 e. The van der Waals surface area contributed by atoms with E-state index in [1.54, 1.807) is 22.6 Å². The lowest BCUT2D eigenvalue weighted by Gasteiger charge is -2.23. The average Bonchev–Trinajstić information content (AvgIpc) is 2.94. The monoisotopic (exact) mass is 597 g/mol. The number of alkyl halides is 9. The summed E-state index contributed by atoms with van der Waals surface area (Å²) in [5, 5.41) is 0. The number of hydrogen-bond donors (Lipinski definition) is 0. The minimum Gasteiger partial charge on any atom is -0.439 e. The van der Waals surface area contributed by atoms with E-state index in [1.165, 1.54) is 13.0 Å². The van der Waals surface area contributed by atoms with Crippen molar-refractivity contribution in [2.45, 2.75) is 44.1 Å². The Bertz CT molecular complexity index is 1030. The molecule has 2 aromatic carbocycles. The summed E-state index contributed by atoms with van der Waals surface area (Å²) in [5.41, 5.74) is -4.52. The molecule has 0 N–H and O–H groups in total. The molecule has 1 aliphatic heterocycles. The summed E-state index contributed by atoms with van der Waals surface area (Å²) in [5.74, 6) is 0. The van der Waals surface area contributed by atoms with Crippen molar-refractivity contribution in [2.24, 2.45) is 0 Å². The van der Waals surface area contributed by atoms with Gasteiger partial charge in [0.05, 0.1) is 22.7 Å². The molecule has 1 heterocycles. The second-order valence-corrected chi connectivity index (χ2v) is 8.48. The van der Waals surface area contributed by atoms with Crippen molar-refractivity contribution in [1.82, 2.24) is 4.90 Å². The maximum atomic E-state index is 13.1. The van der Waals surface area contributed by atoms with Gasteiger partial charge in [0.1, 0.15) is 6.10 Å². The molecule has 1 amide bonds. The molecule has 180 valence electrons. The van der Waals surface area contributed by atoms with E-state index in [9.17, 15) is 44.3 Å². The van der Waals surface area contributed by atoms with Gasteiger partial charge in [-0.15, -0.1) is 0 Å². The topological polar surface area (TPSA) is 29.5 Å². The fourth-order valence-corrected chi connectivity index (χ4v) is 4.02. The number of nitrogens with zero attached hydrogens (tertiary/aromatic N) is 1. The standard InChI is InChI=1S/C20H13F9INO2/c1-9-16(14-7-11(18(21,22)23)2-3-15(14)30)33-17(32)31(9)8-10-4-12(19(24,25)26)6-13(5-10)20(27,28)29/h2-7,9,16H,8H2,1H3/t9-,16?/m0/s1. The van der Waals surface area contributed by atoms with Gasteiger partial charge in [0.25, 0.3) is 0 Å². The van der Waals surface area contributed by atoms with Crippen LogP contribution in [0.3, 0.4) is 0 Å². The predicted molar refractivity (Wildman–Crippen MR) is 105 cm³/mol. The number of amides is 1. The van der Waals surface area contributed by atoms with Gasteiger partial charge in [0, 0.05) is 15.7 Å². The summed E-state index contributed by atoms with van der Waals surface area (Å²) in [4.78, 5) is 13.2. The average molecular weight is 597 g/mol. The zero-order chi connectivity index (χ0) is 24.9. The molecule has 2 aromatic rings. The maximum Gasteiger partial charge on any atom is 0.416 e. The summed E-state index contributed by atoms with van der Waals surface area (Å²) < 4.78 is 123. The van der Waals surface area contributed by atoms with Gasteiger partial charge in [-0.25, -0.2) is 4.79 Å². The second-order valence-electron chi connectivity index (χ2n) is 7.32. The highest BCUT2D eigenvalue weighted by molar-refractivity contribution is 14.1. The summed E-state index contributed by atoms with van der Waals surface area (Å²) in [6.07, 6.45) is -17.1. The highest BCUT2D eigenvalue weighted by atomic mass is 127. The normalized spacial score (nSPS) is 19.7. The quantitative estimate of drug-likeness (QED) is 0.272. The lowest BCUT2D eigenvalue weighted by Crippen LogP contribution is -2.32. The molecular formula is C20H13F9INO2. The summed E-state index contributed by atoms with van der Waals surface area (Å²) >= 11 is 1.74. The van der Waals surface area contributed by atoms with E-state index < -0.39 is 65.6 Å². The summed E-state index contributed by atoms with van der Waals surface area (Å²) in [6.45, 7) is 0.712. The number of carbonyl (C=O) groups excluding carboxylic acids is 1. The Kier molecular flexibility index (Phi) is 6.59. The Morgan fingerprint density at radius 1 is 0.848 bits per heavy atom. The van der Waals surface area contributed by atoms with Crippen LogP contribution in [-0.4, -0.2) is 17.0 Å². The number of hydrogen-bond acceptors (Lipinski definition) is 2. The van der Waals surface area contributed by atoms with Crippen molar-refractivity contribution in [3.05, 3.63) is 67.8 Å². The largest absolute Gasteiger partial charge is 0.439 e. The molecule has 1 unspecified atom stereocenters. The third kappa shape index (κ3) is 5.49. The van der Waals surface area contributed by atoms with E-state index in [1.807, 2.05) is 0 Å². The van der Waals surface area contributed by atoms with Crippen LogP contribution in [0.4, 0.5) is 44.3 Å². The second kappa shape index (κ2) is 8.55. The summed E-state index contributed by atoms with van der Waals surface area (Å²) in [7, 11) is 0. The molecule has 13 heteroatoms. The van der Waals surface area contributed by atoms with Gasteiger partial charge in [-0.1, -0.05) is 0 Å². The zero-order valence-electron chi connectivity index (χ0n) is 16.4. The first-order valence-corrected chi connectivity index (χ1v) is 10.2.